The fraction of sp³-hybridized carbons (Fsp3) is 0.350. The zero-order valence-corrected chi connectivity index (χ0v) is 17.4. The predicted molar refractivity (Wildman–Crippen MR) is 109 cm³/mol. The maximum atomic E-state index is 12.4. The van der Waals surface area contributed by atoms with Crippen LogP contribution in [0.5, 0.6) is 0 Å². The molecule has 0 bridgehead atoms. The number of carbonyl (C=O) groups excluding carboxylic acids is 1. The molecule has 7 heteroatoms. The van der Waals surface area contributed by atoms with E-state index >= 15 is 0 Å². The molecule has 2 aromatic carbocycles. The van der Waals surface area contributed by atoms with E-state index in [9.17, 15) is 13.2 Å². The third kappa shape index (κ3) is 5.64. The molecule has 1 aliphatic rings. The molecular weight excluding hydrogens is 428 g/mol. The van der Waals surface area contributed by atoms with Gasteiger partial charge in [-0.1, -0.05) is 40.9 Å². The van der Waals surface area contributed by atoms with E-state index < -0.39 is 10.0 Å². The van der Waals surface area contributed by atoms with Gasteiger partial charge in [0.2, 0.25) is 10.0 Å². The molecule has 0 unspecified atom stereocenters. The number of nitrogens with one attached hydrogen (secondary N) is 2. The molecular formula is C20H23BrN2O3S. The van der Waals surface area contributed by atoms with E-state index in [1.165, 1.54) is 0 Å². The summed E-state index contributed by atoms with van der Waals surface area (Å²) in [6, 6.07) is 14.1. The lowest BCUT2D eigenvalue weighted by atomic mass is 10.1. The Bertz CT molecular complexity index is 874. The van der Waals surface area contributed by atoms with Gasteiger partial charge in [-0.25, -0.2) is 13.1 Å². The smallest absolute Gasteiger partial charge is 0.251 e. The van der Waals surface area contributed by atoms with Crippen molar-refractivity contribution in [2.75, 3.05) is 6.54 Å². The van der Waals surface area contributed by atoms with Crippen molar-refractivity contribution in [3.63, 3.8) is 0 Å². The minimum absolute atomic E-state index is 0.0588. The first kappa shape index (κ1) is 20.0. The molecule has 3 rings (SSSR count). The van der Waals surface area contributed by atoms with Gasteiger partial charge in [-0.05, 0) is 61.2 Å². The van der Waals surface area contributed by atoms with Gasteiger partial charge in [0.05, 0.1) is 4.90 Å². The van der Waals surface area contributed by atoms with Crippen LogP contribution in [0, 0.1) is 0 Å². The summed E-state index contributed by atoms with van der Waals surface area (Å²) < 4.78 is 28.5. The third-order valence-corrected chi connectivity index (χ3v) is 6.78. The SMILES string of the molecule is O=C(NCCc1ccc(S(=O)(=O)NC2CCCC2)cc1)c1ccc(Br)cc1. The second kappa shape index (κ2) is 8.99. The maximum absolute atomic E-state index is 12.4. The predicted octanol–water partition coefficient (Wildman–Crippen LogP) is 3.64. The molecule has 144 valence electrons. The Morgan fingerprint density at radius 3 is 2.26 bits per heavy atom. The van der Waals surface area contributed by atoms with E-state index in [0.717, 1.165) is 35.7 Å². The Labute approximate surface area is 168 Å². The van der Waals surface area contributed by atoms with Gasteiger partial charge in [0.15, 0.2) is 0 Å². The van der Waals surface area contributed by atoms with Crippen LogP contribution >= 0.6 is 15.9 Å². The van der Waals surface area contributed by atoms with E-state index in [-0.39, 0.29) is 16.8 Å². The lowest BCUT2D eigenvalue weighted by Crippen LogP contribution is -2.32. The molecule has 1 fully saturated rings. The molecule has 1 amide bonds. The Morgan fingerprint density at radius 1 is 1.00 bits per heavy atom. The zero-order chi connectivity index (χ0) is 19.3. The average Bonchev–Trinajstić information content (AvgIpc) is 3.15. The Kier molecular flexibility index (Phi) is 6.68. The highest BCUT2D eigenvalue weighted by molar-refractivity contribution is 9.10. The number of halogens is 1. The molecule has 27 heavy (non-hydrogen) atoms. The summed E-state index contributed by atoms with van der Waals surface area (Å²) in [5.41, 5.74) is 1.59. The Morgan fingerprint density at radius 2 is 1.63 bits per heavy atom. The minimum Gasteiger partial charge on any atom is -0.352 e. The van der Waals surface area contributed by atoms with Crippen molar-refractivity contribution in [2.45, 2.75) is 43.0 Å². The van der Waals surface area contributed by atoms with E-state index in [1.54, 1.807) is 36.4 Å². The summed E-state index contributed by atoms with van der Waals surface area (Å²) in [6.45, 7) is 0.487. The topological polar surface area (TPSA) is 75.3 Å². The minimum atomic E-state index is -3.46. The molecule has 0 spiro atoms. The van der Waals surface area contributed by atoms with Crippen molar-refractivity contribution in [3.05, 3.63) is 64.1 Å². The summed E-state index contributed by atoms with van der Waals surface area (Å²) in [6.07, 6.45) is 4.62. The molecule has 1 saturated carbocycles. The lowest BCUT2D eigenvalue weighted by molar-refractivity contribution is 0.0954. The second-order valence-electron chi connectivity index (χ2n) is 6.76. The maximum Gasteiger partial charge on any atom is 0.251 e. The first-order valence-electron chi connectivity index (χ1n) is 9.09. The van der Waals surface area contributed by atoms with Crippen LogP contribution in [0.4, 0.5) is 0 Å². The summed E-state index contributed by atoms with van der Waals surface area (Å²) in [5.74, 6) is -0.123. The summed E-state index contributed by atoms with van der Waals surface area (Å²) in [5, 5.41) is 2.88. The highest BCUT2D eigenvalue weighted by Gasteiger charge is 2.22. The highest BCUT2D eigenvalue weighted by Crippen LogP contribution is 2.20. The number of carbonyl (C=O) groups is 1. The summed E-state index contributed by atoms with van der Waals surface area (Å²) in [7, 11) is -3.46. The van der Waals surface area contributed by atoms with Crippen LogP contribution in [0.25, 0.3) is 0 Å². The average molecular weight is 451 g/mol. The fourth-order valence-electron chi connectivity index (χ4n) is 3.19. The van der Waals surface area contributed by atoms with Crippen LogP contribution in [-0.4, -0.2) is 26.9 Å². The third-order valence-electron chi connectivity index (χ3n) is 4.72. The van der Waals surface area contributed by atoms with E-state index in [2.05, 4.69) is 26.0 Å². The van der Waals surface area contributed by atoms with Crippen molar-refractivity contribution in [3.8, 4) is 0 Å². The van der Waals surface area contributed by atoms with Crippen molar-refractivity contribution in [1.82, 2.24) is 10.0 Å². The highest BCUT2D eigenvalue weighted by atomic mass is 79.9. The number of hydrogen-bond donors (Lipinski definition) is 2. The van der Waals surface area contributed by atoms with Crippen molar-refractivity contribution in [1.29, 1.82) is 0 Å². The van der Waals surface area contributed by atoms with E-state index in [0.29, 0.717) is 18.5 Å². The normalized spacial score (nSPS) is 15.0. The Hall–Kier alpha value is -1.70. The number of amides is 1. The van der Waals surface area contributed by atoms with Gasteiger partial charge >= 0.3 is 0 Å². The molecule has 0 atom stereocenters. The van der Waals surface area contributed by atoms with Crippen LogP contribution in [0.1, 0.15) is 41.6 Å². The van der Waals surface area contributed by atoms with Crippen molar-refractivity contribution < 1.29 is 13.2 Å². The van der Waals surface area contributed by atoms with Crippen LogP contribution in [0.15, 0.2) is 57.9 Å². The second-order valence-corrected chi connectivity index (χ2v) is 9.39. The molecule has 0 heterocycles. The van der Waals surface area contributed by atoms with Gasteiger partial charge in [-0.15, -0.1) is 0 Å². The number of benzene rings is 2. The standard InChI is InChI=1S/C20H23BrN2O3S/c21-17-9-7-16(8-10-17)20(24)22-14-13-15-5-11-19(12-6-15)27(25,26)23-18-3-1-2-4-18/h5-12,18,23H,1-4,13-14H2,(H,22,24). The van der Waals surface area contributed by atoms with Gasteiger partial charge in [0, 0.05) is 22.6 Å². The molecule has 2 aromatic rings. The van der Waals surface area contributed by atoms with Crippen LogP contribution in [-0.2, 0) is 16.4 Å². The largest absolute Gasteiger partial charge is 0.352 e. The molecule has 2 N–H and O–H groups in total. The Balaban J connectivity index is 1.51. The van der Waals surface area contributed by atoms with E-state index in [4.69, 9.17) is 0 Å². The van der Waals surface area contributed by atoms with Crippen LogP contribution < -0.4 is 10.0 Å². The first-order chi connectivity index (χ1) is 12.9. The lowest BCUT2D eigenvalue weighted by Gasteiger charge is -2.13. The van der Waals surface area contributed by atoms with Gasteiger partial charge in [0.25, 0.3) is 5.91 Å². The van der Waals surface area contributed by atoms with Gasteiger partial charge in [-0.2, -0.15) is 0 Å². The van der Waals surface area contributed by atoms with Crippen molar-refractivity contribution >= 4 is 31.9 Å². The first-order valence-corrected chi connectivity index (χ1v) is 11.4. The molecule has 0 saturated heterocycles. The quantitative estimate of drug-likeness (QED) is 0.675. The summed E-state index contributed by atoms with van der Waals surface area (Å²) in [4.78, 5) is 12.4. The van der Waals surface area contributed by atoms with Gasteiger partial charge in [-0.3, -0.25) is 4.79 Å². The summed E-state index contributed by atoms with van der Waals surface area (Å²) >= 11 is 3.34. The van der Waals surface area contributed by atoms with E-state index in [1.807, 2.05) is 12.1 Å². The fourth-order valence-corrected chi connectivity index (χ4v) is 4.76. The van der Waals surface area contributed by atoms with Crippen LogP contribution in [0.3, 0.4) is 0 Å². The number of hydrogen-bond acceptors (Lipinski definition) is 3. The van der Waals surface area contributed by atoms with Crippen molar-refractivity contribution in [2.24, 2.45) is 0 Å². The molecule has 0 aromatic heterocycles. The molecule has 1 aliphatic carbocycles. The van der Waals surface area contributed by atoms with Crippen LogP contribution in [0.2, 0.25) is 0 Å². The molecule has 0 aliphatic heterocycles. The van der Waals surface area contributed by atoms with Gasteiger partial charge < -0.3 is 5.32 Å². The monoisotopic (exact) mass is 450 g/mol. The zero-order valence-electron chi connectivity index (χ0n) is 14.9. The number of rotatable bonds is 7. The molecule has 5 nitrogen and oxygen atoms in total. The molecule has 0 radical (unpaired) electrons. The van der Waals surface area contributed by atoms with Gasteiger partial charge in [0.1, 0.15) is 0 Å². The number of sulfonamides is 1.